The van der Waals surface area contributed by atoms with Gasteiger partial charge in [0.15, 0.2) is 5.82 Å². The van der Waals surface area contributed by atoms with E-state index in [1.807, 2.05) is 25.1 Å². The van der Waals surface area contributed by atoms with Crippen molar-refractivity contribution in [3.8, 4) is 10.6 Å². The summed E-state index contributed by atoms with van der Waals surface area (Å²) >= 11 is 4.98. The molecule has 7 nitrogen and oxygen atoms in total. The van der Waals surface area contributed by atoms with Crippen LogP contribution >= 0.6 is 27.3 Å². The second-order valence-electron chi connectivity index (χ2n) is 5.96. The lowest BCUT2D eigenvalue weighted by molar-refractivity contribution is -0.116. The van der Waals surface area contributed by atoms with Crippen LogP contribution in [0.3, 0.4) is 0 Å². The van der Waals surface area contributed by atoms with Crippen molar-refractivity contribution in [3.05, 3.63) is 62.4 Å². The maximum Gasteiger partial charge on any atom is 0.261 e. The molecule has 0 atom stereocenters. The zero-order chi connectivity index (χ0) is 19.0. The van der Waals surface area contributed by atoms with Gasteiger partial charge in [-0.15, -0.1) is 11.3 Å². The van der Waals surface area contributed by atoms with E-state index in [1.54, 1.807) is 29.5 Å². The van der Waals surface area contributed by atoms with Crippen LogP contribution in [-0.4, -0.2) is 25.7 Å². The number of hydrogen-bond acceptors (Lipinski definition) is 5. The van der Waals surface area contributed by atoms with Crippen LogP contribution in [0.4, 0.5) is 5.82 Å². The van der Waals surface area contributed by atoms with E-state index in [-0.39, 0.29) is 18.0 Å². The van der Waals surface area contributed by atoms with Crippen molar-refractivity contribution in [2.75, 3.05) is 5.32 Å². The van der Waals surface area contributed by atoms with Gasteiger partial charge in [0.25, 0.3) is 5.56 Å². The number of amides is 1. The summed E-state index contributed by atoms with van der Waals surface area (Å²) in [5.74, 6) is 0.0549. The van der Waals surface area contributed by atoms with Crippen molar-refractivity contribution in [1.82, 2.24) is 19.7 Å². The maximum atomic E-state index is 12.6. The zero-order valence-electron chi connectivity index (χ0n) is 14.2. The lowest BCUT2D eigenvalue weighted by Gasteiger charge is -2.06. The summed E-state index contributed by atoms with van der Waals surface area (Å²) in [5.41, 5.74) is 1.15. The van der Waals surface area contributed by atoms with E-state index in [1.165, 1.54) is 15.8 Å². The molecule has 3 heterocycles. The number of carbonyl (C=O) groups is 1. The molecule has 1 aromatic carbocycles. The first kappa shape index (κ1) is 17.6. The molecule has 0 bridgehead atoms. The Balaban J connectivity index is 1.51. The quantitative estimate of drug-likeness (QED) is 0.504. The van der Waals surface area contributed by atoms with E-state index in [4.69, 9.17) is 0 Å². The van der Waals surface area contributed by atoms with Crippen LogP contribution in [0.2, 0.25) is 0 Å². The monoisotopic (exact) mass is 443 g/mol. The maximum absolute atomic E-state index is 12.6. The molecule has 0 unspecified atom stereocenters. The number of hydrogen-bond donors (Lipinski definition) is 2. The second kappa shape index (κ2) is 7.09. The molecule has 0 fully saturated rings. The Bertz CT molecular complexity index is 1210. The molecule has 0 aliphatic carbocycles. The molecule has 4 rings (SSSR count). The van der Waals surface area contributed by atoms with E-state index in [2.05, 4.69) is 36.4 Å². The third-order valence-corrected chi connectivity index (χ3v) is 5.48. The van der Waals surface area contributed by atoms with Crippen molar-refractivity contribution < 1.29 is 4.79 Å². The fraction of sp³-hybridized carbons (Fsp3) is 0.111. The average Bonchev–Trinajstić information content (AvgIpc) is 3.27. The minimum Gasteiger partial charge on any atom is -0.308 e. The molecule has 0 aliphatic heterocycles. The van der Waals surface area contributed by atoms with Gasteiger partial charge in [-0.3, -0.25) is 19.3 Å². The van der Waals surface area contributed by atoms with Gasteiger partial charge in [0.1, 0.15) is 6.54 Å². The highest BCUT2D eigenvalue weighted by Gasteiger charge is 2.11. The molecule has 0 saturated heterocycles. The predicted molar refractivity (Wildman–Crippen MR) is 109 cm³/mol. The molecule has 0 saturated carbocycles. The van der Waals surface area contributed by atoms with Gasteiger partial charge in [-0.2, -0.15) is 5.10 Å². The summed E-state index contributed by atoms with van der Waals surface area (Å²) in [6.45, 7) is 1.88. The number of aromatic nitrogens is 4. The largest absolute Gasteiger partial charge is 0.308 e. The molecule has 136 valence electrons. The molecule has 9 heteroatoms. The molecular weight excluding hydrogens is 430 g/mol. The third-order valence-electron chi connectivity index (χ3n) is 3.95. The van der Waals surface area contributed by atoms with E-state index in [0.29, 0.717) is 16.7 Å². The van der Waals surface area contributed by atoms with Crippen molar-refractivity contribution >= 4 is 49.9 Å². The molecule has 0 spiro atoms. The lowest BCUT2D eigenvalue weighted by Crippen LogP contribution is -2.28. The highest BCUT2D eigenvalue weighted by atomic mass is 79.9. The SMILES string of the molecule is Cc1ccc(-c2cc(NC(=O)Cn3cnc4ccc(Br)cc4c3=O)n[nH]2)s1. The van der Waals surface area contributed by atoms with Gasteiger partial charge in [0.05, 0.1) is 27.8 Å². The minimum atomic E-state index is -0.353. The zero-order valence-corrected chi connectivity index (χ0v) is 16.6. The summed E-state index contributed by atoms with van der Waals surface area (Å²) in [5, 5.41) is 10.2. The van der Waals surface area contributed by atoms with Crippen molar-refractivity contribution in [1.29, 1.82) is 0 Å². The molecule has 3 aromatic heterocycles. The van der Waals surface area contributed by atoms with Gasteiger partial charge in [0, 0.05) is 15.4 Å². The molecular formula is C18H14BrN5O2S. The highest BCUT2D eigenvalue weighted by molar-refractivity contribution is 9.10. The van der Waals surface area contributed by atoms with Crippen LogP contribution < -0.4 is 10.9 Å². The van der Waals surface area contributed by atoms with Gasteiger partial charge >= 0.3 is 0 Å². The summed E-state index contributed by atoms with van der Waals surface area (Å²) in [4.78, 5) is 31.4. The Hall–Kier alpha value is -2.78. The number of nitrogens with one attached hydrogen (secondary N) is 2. The van der Waals surface area contributed by atoms with E-state index >= 15 is 0 Å². The molecule has 1 amide bonds. The van der Waals surface area contributed by atoms with Crippen molar-refractivity contribution in [2.24, 2.45) is 0 Å². The van der Waals surface area contributed by atoms with Gasteiger partial charge in [-0.25, -0.2) is 4.98 Å². The average molecular weight is 444 g/mol. The van der Waals surface area contributed by atoms with Crippen LogP contribution in [0.25, 0.3) is 21.5 Å². The highest BCUT2D eigenvalue weighted by Crippen LogP contribution is 2.27. The van der Waals surface area contributed by atoms with Crippen molar-refractivity contribution in [2.45, 2.75) is 13.5 Å². The molecule has 0 aliphatic rings. The lowest BCUT2D eigenvalue weighted by atomic mass is 10.2. The number of aromatic amines is 1. The topological polar surface area (TPSA) is 92.7 Å². The van der Waals surface area contributed by atoms with E-state index < -0.39 is 0 Å². The number of thiophene rings is 1. The fourth-order valence-corrected chi connectivity index (χ4v) is 3.87. The Morgan fingerprint density at radius 3 is 2.93 bits per heavy atom. The number of rotatable bonds is 4. The van der Waals surface area contributed by atoms with Gasteiger partial charge in [-0.05, 0) is 37.3 Å². The van der Waals surface area contributed by atoms with Crippen LogP contribution in [0, 0.1) is 6.92 Å². The summed E-state index contributed by atoms with van der Waals surface area (Å²) in [7, 11) is 0. The first-order chi connectivity index (χ1) is 13.0. The summed E-state index contributed by atoms with van der Waals surface area (Å²) in [6, 6.07) is 11.1. The van der Waals surface area contributed by atoms with Crippen LogP contribution in [0.5, 0.6) is 0 Å². The second-order valence-corrected chi connectivity index (χ2v) is 8.17. The smallest absolute Gasteiger partial charge is 0.261 e. The first-order valence-corrected chi connectivity index (χ1v) is 9.67. The van der Waals surface area contributed by atoms with Gasteiger partial charge < -0.3 is 5.32 Å². The number of nitrogens with zero attached hydrogens (tertiary/aromatic N) is 3. The fourth-order valence-electron chi connectivity index (χ4n) is 2.67. The molecule has 0 radical (unpaired) electrons. The minimum absolute atomic E-state index is 0.144. The van der Waals surface area contributed by atoms with Gasteiger partial charge in [0.2, 0.25) is 5.91 Å². The Morgan fingerprint density at radius 1 is 1.30 bits per heavy atom. The number of benzene rings is 1. The number of halogens is 1. The molecule has 4 aromatic rings. The third kappa shape index (κ3) is 3.69. The number of anilines is 1. The number of carbonyl (C=O) groups excluding carboxylic acids is 1. The standard InChI is InChI=1S/C18H14BrN5O2S/c1-10-2-5-15(27-10)14-7-16(23-22-14)21-17(25)8-24-9-20-13-4-3-11(19)6-12(13)18(24)26/h2-7,9H,8H2,1H3,(H2,21,22,23,25). The van der Waals surface area contributed by atoms with E-state index in [0.717, 1.165) is 15.0 Å². The predicted octanol–water partition coefficient (Wildman–Crippen LogP) is 3.56. The van der Waals surface area contributed by atoms with Crippen LogP contribution in [0.1, 0.15) is 4.88 Å². The molecule has 2 N–H and O–H groups in total. The van der Waals surface area contributed by atoms with Gasteiger partial charge in [-0.1, -0.05) is 15.9 Å². The van der Waals surface area contributed by atoms with Crippen LogP contribution in [-0.2, 0) is 11.3 Å². The Kier molecular flexibility index (Phi) is 4.63. The van der Waals surface area contributed by atoms with E-state index in [9.17, 15) is 9.59 Å². The number of H-pyrrole nitrogens is 1. The number of fused-ring (bicyclic) bond motifs is 1. The first-order valence-electron chi connectivity index (χ1n) is 8.06. The summed E-state index contributed by atoms with van der Waals surface area (Å²) in [6.07, 6.45) is 1.38. The Labute approximate surface area is 166 Å². The Morgan fingerprint density at radius 2 is 2.15 bits per heavy atom. The van der Waals surface area contributed by atoms with Crippen LogP contribution in [0.15, 0.2) is 52.0 Å². The number of aryl methyl sites for hydroxylation is 1. The molecule has 27 heavy (non-hydrogen) atoms. The summed E-state index contributed by atoms with van der Waals surface area (Å²) < 4.78 is 2.06. The van der Waals surface area contributed by atoms with Crippen molar-refractivity contribution in [3.63, 3.8) is 0 Å². The normalized spacial score (nSPS) is 11.0.